The van der Waals surface area contributed by atoms with Gasteiger partial charge in [0.05, 0.1) is 5.41 Å². The largest absolute Gasteiger partial charge is 0.697 e. The number of hydrogen-bond donors (Lipinski definition) is 0. The smallest absolute Gasteiger partial charge is 0.118 e. The van der Waals surface area contributed by atoms with E-state index in [9.17, 15) is 9.13 Å². The molecule has 0 aliphatic carbocycles. The molecule has 1 spiro atoms. The molecule has 0 aromatic heterocycles. The van der Waals surface area contributed by atoms with Crippen LogP contribution in [0.2, 0.25) is 0 Å². The van der Waals surface area contributed by atoms with Crippen molar-refractivity contribution in [1.29, 1.82) is 0 Å². The zero-order valence-corrected chi connectivity index (χ0v) is 13.3. The van der Waals surface area contributed by atoms with Crippen LogP contribution < -0.4 is 0 Å². The standard InChI is InChI=1S/C13H16O6P2/c1-10(11-5-3-2-4-6-11)12-13(9-18-21(15)19-12)7-16-20(14)17-8-13/h2-6,10,12H,7-9H2,1H3/q+2. The van der Waals surface area contributed by atoms with E-state index in [0.29, 0.717) is 0 Å². The van der Waals surface area contributed by atoms with Gasteiger partial charge in [-0.15, -0.1) is 18.1 Å². The van der Waals surface area contributed by atoms with Crippen molar-refractivity contribution in [2.24, 2.45) is 5.41 Å². The normalized spacial score (nSPS) is 34.8. The van der Waals surface area contributed by atoms with Gasteiger partial charge in [0.1, 0.15) is 25.9 Å². The second-order valence-corrected chi connectivity index (χ2v) is 7.24. The molecule has 3 rings (SSSR count). The average molecular weight is 330 g/mol. The Balaban J connectivity index is 1.88. The topological polar surface area (TPSA) is 71.1 Å². The van der Waals surface area contributed by atoms with Crippen LogP contribution in [0.3, 0.4) is 0 Å². The molecule has 3 unspecified atom stereocenters. The number of benzene rings is 1. The first-order valence-corrected chi connectivity index (χ1v) is 8.85. The van der Waals surface area contributed by atoms with Gasteiger partial charge in [-0.05, 0) is 5.56 Å². The lowest BCUT2D eigenvalue weighted by Crippen LogP contribution is -2.52. The minimum Gasteiger partial charge on any atom is -0.118 e. The summed E-state index contributed by atoms with van der Waals surface area (Å²) < 4.78 is 44.0. The summed E-state index contributed by atoms with van der Waals surface area (Å²) in [4.78, 5) is 0. The van der Waals surface area contributed by atoms with Gasteiger partial charge in [-0.3, -0.25) is 0 Å². The van der Waals surface area contributed by atoms with Crippen LogP contribution in [0.1, 0.15) is 18.4 Å². The molecule has 0 radical (unpaired) electrons. The highest BCUT2D eigenvalue weighted by atomic mass is 31.1. The summed E-state index contributed by atoms with van der Waals surface area (Å²) >= 11 is 0. The summed E-state index contributed by atoms with van der Waals surface area (Å²) in [5, 5.41) is 0. The second kappa shape index (κ2) is 6.17. The van der Waals surface area contributed by atoms with Crippen molar-refractivity contribution in [3.8, 4) is 0 Å². The van der Waals surface area contributed by atoms with Crippen molar-refractivity contribution >= 4 is 16.5 Å². The third kappa shape index (κ3) is 3.07. The van der Waals surface area contributed by atoms with E-state index in [1.165, 1.54) is 0 Å². The zero-order chi connectivity index (χ0) is 14.9. The molecule has 2 aliphatic heterocycles. The molecule has 112 valence electrons. The molecule has 0 saturated carbocycles. The average Bonchev–Trinajstić information content (AvgIpc) is 2.53. The first-order valence-electron chi connectivity index (χ1n) is 6.66. The Morgan fingerprint density at radius 1 is 1.05 bits per heavy atom. The maximum Gasteiger partial charge on any atom is 0.697 e. The lowest BCUT2D eigenvalue weighted by atomic mass is 9.76. The SMILES string of the molecule is CC(c1ccccc1)C1O[P+](=O)OCC12CO[P+](=O)OC2. The fraction of sp³-hybridized carbons (Fsp3) is 0.538. The Bertz CT molecular complexity index is 531. The predicted molar refractivity (Wildman–Crippen MR) is 75.2 cm³/mol. The molecule has 0 amide bonds. The summed E-state index contributed by atoms with van der Waals surface area (Å²) in [6, 6.07) is 9.82. The highest BCUT2D eigenvalue weighted by Crippen LogP contribution is 2.51. The Kier molecular flexibility index (Phi) is 4.46. The molecular weight excluding hydrogens is 314 g/mol. The maximum absolute atomic E-state index is 11.7. The highest BCUT2D eigenvalue weighted by molar-refractivity contribution is 7.33. The fourth-order valence-corrected chi connectivity index (χ4v) is 4.55. The molecule has 2 fully saturated rings. The predicted octanol–water partition coefficient (Wildman–Crippen LogP) is 3.55. The van der Waals surface area contributed by atoms with Crippen LogP contribution in [0, 0.1) is 5.41 Å². The zero-order valence-electron chi connectivity index (χ0n) is 11.5. The molecule has 0 N–H and O–H groups in total. The third-order valence-corrected chi connectivity index (χ3v) is 5.37. The summed E-state index contributed by atoms with van der Waals surface area (Å²) in [5.74, 6) is -0.0165. The Morgan fingerprint density at radius 2 is 1.62 bits per heavy atom. The van der Waals surface area contributed by atoms with Crippen LogP contribution in [0.4, 0.5) is 0 Å². The Hall–Kier alpha value is -0.740. The van der Waals surface area contributed by atoms with Crippen molar-refractivity contribution in [2.45, 2.75) is 18.9 Å². The van der Waals surface area contributed by atoms with Crippen molar-refractivity contribution < 1.29 is 27.2 Å². The second-order valence-electron chi connectivity index (χ2n) is 5.36. The molecule has 2 aliphatic rings. The minimum absolute atomic E-state index is 0.0165. The molecule has 2 heterocycles. The van der Waals surface area contributed by atoms with E-state index in [2.05, 4.69) is 0 Å². The van der Waals surface area contributed by atoms with Gasteiger partial charge in [0.15, 0.2) is 0 Å². The van der Waals surface area contributed by atoms with Crippen LogP contribution in [0.5, 0.6) is 0 Å². The highest BCUT2D eigenvalue weighted by Gasteiger charge is 2.59. The molecule has 8 heteroatoms. The van der Waals surface area contributed by atoms with Gasteiger partial charge >= 0.3 is 16.5 Å². The van der Waals surface area contributed by atoms with E-state index < -0.39 is 21.9 Å². The molecular formula is C13H16O6P2+2. The molecule has 6 nitrogen and oxygen atoms in total. The summed E-state index contributed by atoms with van der Waals surface area (Å²) in [6.45, 7) is 2.61. The van der Waals surface area contributed by atoms with Crippen molar-refractivity contribution in [1.82, 2.24) is 0 Å². The molecule has 1 aromatic rings. The molecule has 21 heavy (non-hydrogen) atoms. The van der Waals surface area contributed by atoms with Gasteiger partial charge in [0.25, 0.3) is 0 Å². The minimum atomic E-state index is -2.15. The number of rotatable bonds is 2. The summed E-state index contributed by atoms with van der Waals surface area (Å²) in [7, 11) is -4.23. The monoisotopic (exact) mass is 330 g/mol. The van der Waals surface area contributed by atoms with Gasteiger partial charge in [0.2, 0.25) is 0 Å². The quantitative estimate of drug-likeness (QED) is 0.772. The Morgan fingerprint density at radius 3 is 2.24 bits per heavy atom. The summed E-state index contributed by atoms with van der Waals surface area (Å²) in [5.41, 5.74) is 0.476. The molecule has 1 aromatic carbocycles. The Labute approximate surface area is 124 Å². The van der Waals surface area contributed by atoms with E-state index in [-0.39, 0.29) is 31.8 Å². The van der Waals surface area contributed by atoms with Crippen LogP contribution >= 0.6 is 16.5 Å². The third-order valence-electron chi connectivity index (χ3n) is 3.95. The van der Waals surface area contributed by atoms with Gasteiger partial charge in [-0.25, -0.2) is 0 Å². The van der Waals surface area contributed by atoms with Crippen LogP contribution in [-0.2, 0) is 27.2 Å². The van der Waals surface area contributed by atoms with Gasteiger partial charge in [-0.1, -0.05) is 37.3 Å². The van der Waals surface area contributed by atoms with Crippen LogP contribution in [0.15, 0.2) is 30.3 Å². The van der Waals surface area contributed by atoms with E-state index in [1.807, 2.05) is 37.3 Å². The van der Waals surface area contributed by atoms with Gasteiger partial charge < -0.3 is 0 Å². The van der Waals surface area contributed by atoms with Gasteiger partial charge in [-0.2, -0.15) is 0 Å². The first-order chi connectivity index (χ1) is 10.1. The van der Waals surface area contributed by atoms with Crippen molar-refractivity contribution in [3.63, 3.8) is 0 Å². The number of hydrogen-bond acceptors (Lipinski definition) is 6. The van der Waals surface area contributed by atoms with E-state index in [4.69, 9.17) is 18.1 Å². The van der Waals surface area contributed by atoms with E-state index >= 15 is 0 Å². The first kappa shape index (κ1) is 15.2. The molecule has 0 bridgehead atoms. The fourth-order valence-electron chi connectivity index (χ4n) is 2.74. The lowest BCUT2D eigenvalue weighted by molar-refractivity contribution is -0.111. The lowest BCUT2D eigenvalue weighted by Gasteiger charge is -2.38. The van der Waals surface area contributed by atoms with E-state index in [0.717, 1.165) is 5.56 Å². The summed E-state index contributed by atoms with van der Waals surface area (Å²) in [6.07, 6.45) is -0.388. The van der Waals surface area contributed by atoms with Crippen molar-refractivity contribution in [2.75, 3.05) is 19.8 Å². The molecule has 3 atom stereocenters. The van der Waals surface area contributed by atoms with Crippen molar-refractivity contribution in [3.05, 3.63) is 35.9 Å². The van der Waals surface area contributed by atoms with Crippen LogP contribution in [0.25, 0.3) is 0 Å². The maximum atomic E-state index is 11.7. The van der Waals surface area contributed by atoms with Gasteiger partial charge in [0, 0.05) is 15.0 Å². The van der Waals surface area contributed by atoms with E-state index in [1.54, 1.807) is 0 Å². The molecule has 2 saturated heterocycles. The van der Waals surface area contributed by atoms with Crippen LogP contribution in [-0.4, -0.2) is 25.9 Å².